The molecule has 0 aliphatic rings. The summed E-state index contributed by atoms with van der Waals surface area (Å²) in [6.07, 6.45) is 8.90. The summed E-state index contributed by atoms with van der Waals surface area (Å²) in [4.78, 5) is 0. The molecule has 0 aromatic heterocycles. The van der Waals surface area contributed by atoms with Crippen LogP contribution in [0.25, 0.3) is 0 Å². The van der Waals surface area contributed by atoms with E-state index in [0.29, 0.717) is 0 Å². The Morgan fingerprint density at radius 3 is 1.69 bits per heavy atom. The van der Waals surface area contributed by atoms with Gasteiger partial charge in [-0.15, -0.1) is 11.6 Å². The quantitative estimate of drug-likeness (QED) is 0.497. The Morgan fingerprint density at radius 1 is 0.846 bits per heavy atom. The molecular weight excluding hydrogens is 182 g/mol. The fourth-order valence-electron chi connectivity index (χ4n) is 0.916. The molecule has 0 rings (SSSR count). The fourth-order valence-corrected chi connectivity index (χ4v) is 1.10. The van der Waals surface area contributed by atoms with Crippen molar-refractivity contribution in [3.63, 3.8) is 0 Å². The van der Waals surface area contributed by atoms with Crippen molar-refractivity contribution in [1.29, 1.82) is 0 Å². The second-order valence-corrected chi connectivity index (χ2v) is 3.62. The van der Waals surface area contributed by atoms with E-state index in [-0.39, 0.29) is 0 Å². The highest BCUT2D eigenvalue weighted by atomic mass is 35.5. The lowest BCUT2D eigenvalue weighted by Gasteiger charge is -1.90. The van der Waals surface area contributed by atoms with Crippen LogP contribution in [-0.4, -0.2) is 12.4 Å². The molecule has 82 valence electrons. The van der Waals surface area contributed by atoms with E-state index in [9.17, 15) is 0 Å². The smallest absolute Gasteiger partial charge is 0.0223 e. The molecule has 0 aromatic rings. The monoisotopic (exact) mass is 207 g/mol. The molecule has 0 bridgehead atoms. The van der Waals surface area contributed by atoms with Gasteiger partial charge in [0.15, 0.2) is 0 Å². The average Bonchev–Trinajstić information content (AvgIpc) is 2.17. The zero-order valence-electron chi connectivity index (χ0n) is 9.32. The summed E-state index contributed by atoms with van der Waals surface area (Å²) >= 11 is 5.38. The fraction of sp³-hybridized carbons (Fsp3) is 1.00. The molecule has 0 unspecified atom stereocenters. The highest BCUT2D eigenvalue weighted by molar-refractivity contribution is 6.17. The van der Waals surface area contributed by atoms with E-state index in [4.69, 9.17) is 17.3 Å². The maximum absolute atomic E-state index is 5.38. The van der Waals surface area contributed by atoms with Crippen LogP contribution in [0.5, 0.6) is 0 Å². The predicted molar refractivity (Wildman–Crippen MR) is 63.4 cm³/mol. The average molecular weight is 208 g/mol. The maximum Gasteiger partial charge on any atom is 0.0223 e. The van der Waals surface area contributed by atoms with Gasteiger partial charge < -0.3 is 5.73 Å². The highest BCUT2D eigenvalue weighted by Crippen LogP contribution is 1.95. The maximum atomic E-state index is 5.38. The number of hydrogen-bond acceptors (Lipinski definition) is 1. The van der Waals surface area contributed by atoms with Crippen molar-refractivity contribution in [2.45, 2.75) is 58.8 Å². The van der Waals surface area contributed by atoms with Gasteiger partial charge in [-0.1, -0.05) is 46.0 Å². The van der Waals surface area contributed by atoms with E-state index >= 15 is 0 Å². The van der Waals surface area contributed by atoms with Crippen LogP contribution >= 0.6 is 11.6 Å². The minimum Gasteiger partial charge on any atom is -0.330 e. The third-order valence-electron chi connectivity index (χ3n) is 1.79. The zero-order valence-corrected chi connectivity index (χ0v) is 10.1. The van der Waals surface area contributed by atoms with Gasteiger partial charge in [-0.2, -0.15) is 0 Å². The molecule has 0 radical (unpaired) electrons. The lowest BCUT2D eigenvalue weighted by molar-refractivity contribution is 0.674. The predicted octanol–water partition coefficient (Wildman–Crippen LogP) is 3.94. The molecular formula is C11H26ClN. The number of nitrogens with two attached hydrogens (primary N) is 1. The van der Waals surface area contributed by atoms with Gasteiger partial charge in [0.2, 0.25) is 0 Å². The van der Waals surface area contributed by atoms with Crippen LogP contribution in [0.3, 0.4) is 0 Å². The molecule has 2 heteroatoms. The van der Waals surface area contributed by atoms with Gasteiger partial charge >= 0.3 is 0 Å². The van der Waals surface area contributed by atoms with Crippen molar-refractivity contribution in [2.24, 2.45) is 5.73 Å². The molecule has 0 spiro atoms. The van der Waals surface area contributed by atoms with Crippen LogP contribution in [0.1, 0.15) is 58.8 Å². The summed E-state index contributed by atoms with van der Waals surface area (Å²) in [6, 6.07) is 0. The van der Waals surface area contributed by atoms with E-state index < -0.39 is 0 Å². The third-order valence-corrected chi connectivity index (χ3v) is 2.06. The van der Waals surface area contributed by atoms with Gasteiger partial charge in [-0.3, -0.25) is 0 Å². The first-order valence-corrected chi connectivity index (χ1v) is 6.12. The molecule has 13 heavy (non-hydrogen) atoms. The largest absolute Gasteiger partial charge is 0.330 e. The summed E-state index contributed by atoms with van der Waals surface area (Å²) in [5, 5.41) is 0. The van der Waals surface area contributed by atoms with Crippen LogP contribution < -0.4 is 5.73 Å². The SMILES string of the molecule is CCCCCCN.CCCCCCl. The van der Waals surface area contributed by atoms with Gasteiger partial charge in [0, 0.05) is 5.88 Å². The van der Waals surface area contributed by atoms with Gasteiger partial charge in [0.25, 0.3) is 0 Å². The molecule has 0 amide bonds. The van der Waals surface area contributed by atoms with Gasteiger partial charge in [0.1, 0.15) is 0 Å². The Hall–Kier alpha value is 0.250. The molecule has 0 fully saturated rings. The van der Waals surface area contributed by atoms with Gasteiger partial charge in [-0.05, 0) is 19.4 Å². The van der Waals surface area contributed by atoms with Crippen molar-refractivity contribution in [3.05, 3.63) is 0 Å². The minimum atomic E-state index is 0.827. The molecule has 2 N–H and O–H groups in total. The van der Waals surface area contributed by atoms with E-state index in [0.717, 1.165) is 12.4 Å². The molecule has 0 aliphatic carbocycles. The summed E-state index contributed by atoms with van der Waals surface area (Å²) in [5.41, 5.74) is 5.27. The first-order chi connectivity index (χ1) is 6.33. The number of unbranched alkanes of at least 4 members (excludes halogenated alkanes) is 5. The van der Waals surface area contributed by atoms with Gasteiger partial charge in [0.05, 0.1) is 0 Å². The van der Waals surface area contributed by atoms with Crippen molar-refractivity contribution in [3.8, 4) is 0 Å². The molecule has 0 aromatic carbocycles. The van der Waals surface area contributed by atoms with Gasteiger partial charge in [-0.25, -0.2) is 0 Å². The Balaban J connectivity index is 0. The second kappa shape index (κ2) is 18.1. The topological polar surface area (TPSA) is 26.0 Å². The minimum absolute atomic E-state index is 0.827. The first kappa shape index (κ1) is 15.7. The van der Waals surface area contributed by atoms with Crippen molar-refractivity contribution in [1.82, 2.24) is 0 Å². The lowest BCUT2D eigenvalue weighted by atomic mass is 10.2. The van der Waals surface area contributed by atoms with E-state index in [1.54, 1.807) is 0 Å². The number of alkyl halides is 1. The lowest BCUT2D eigenvalue weighted by Crippen LogP contribution is -1.97. The van der Waals surface area contributed by atoms with E-state index in [1.807, 2.05) is 0 Å². The molecule has 1 nitrogen and oxygen atoms in total. The number of hydrogen-bond donors (Lipinski definition) is 1. The number of rotatable bonds is 7. The standard InChI is InChI=1S/C6H15N.C5H11Cl/c1-2-3-4-5-6-7;1-2-3-4-5-6/h2-7H2,1H3;2-5H2,1H3. The third kappa shape index (κ3) is 24.5. The Kier molecular flexibility index (Phi) is 21.9. The Morgan fingerprint density at radius 2 is 1.38 bits per heavy atom. The molecule has 0 aliphatic heterocycles. The van der Waals surface area contributed by atoms with Crippen LogP contribution in [0.4, 0.5) is 0 Å². The van der Waals surface area contributed by atoms with Crippen molar-refractivity contribution >= 4 is 11.6 Å². The normalized spacial score (nSPS) is 9.23. The molecule has 0 heterocycles. The second-order valence-electron chi connectivity index (χ2n) is 3.25. The van der Waals surface area contributed by atoms with E-state index in [1.165, 1.54) is 44.9 Å². The van der Waals surface area contributed by atoms with Crippen LogP contribution in [0.2, 0.25) is 0 Å². The zero-order chi connectivity index (χ0) is 10.4. The molecule has 0 saturated carbocycles. The molecule has 0 saturated heterocycles. The Bertz CT molecular complexity index is 59.1. The van der Waals surface area contributed by atoms with Crippen molar-refractivity contribution in [2.75, 3.05) is 12.4 Å². The summed E-state index contributed by atoms with van der Waals surface area (Å²) in [7, 11) is 0. The van der Waals surface area contributed by atoms with Crippen LogP contribution in [0, 0.1) is 0 Å². The van der Waals surface area contributed by atoms with E-state index in [2.05, 4.69) is 13.8 Å². The summed E-state index contributed by atoms with van der Waals surface area (Å²) in [6.45, 7) is 5.24. The Labute approximate surface area is 89.0 Å². The highest BCUT2D eigenvalue weighted by Gasteiger charge is 1.80. The first-order valence-electron chi connectivity index (χ1n) is 5.59. The van der Waals surface area contributed by atoms with Crippen molar-refractivity contribution < 1.29 is 0 Å². The molecule has 0 atom stereocenters. The van der Waals surface area contributed by atoms with Crippen LogP contribution in [-0.2, 0) is 0 Å². The summed E-state index contributed by atoms with van der Waals surface area (Å²) in [5.74, 6) is 0.827. The van der Waals surface area contributed by atoms with Crippen LogP contribution in [0.15, 0.2) is 0 Å². The summed E-state index contributed by atoms with van der Waals surface area (Å²) < 4.78 is 0. The number of halogens is 1.